The number of benzene rings is 2. The van der Waals surface area contributed by atoms with Gasteiger partial charge >= 0.3 is 0 Å². The minimum atomic E-state index is -0.230. The van der Waals surface area contributed by atoms with Gasteiger partial charge in [0.25, 0.3) is 5.91 Å². The number of hydrogen-bond acceptors (Lipinski definition) is 3. The Bertz CT molecular complexity index is 695. The normalized spacial score (nSPS) is 11.6. The van der Waals surface area contributed by atoms with Crippen LogP contribution >= 0.6 is 0 Å². The fraction of sp³-hybridized carbons (Fsp3) is 0.333. The summed E-state index contributed by atoms with van der Waals surface area (Å²) in [6, 6.07) is 16.8. The van der Waals surface area contributed by atoms with Gasteiger partial charge < -0.3 is 15.7 Å². The lowest BCUT2D eigenvalue weighted by Gasteiger charge is -2.14. The zero-order chi connectivity index (χ0) is 18.8. The van der Waals surface area contributed by atoms with E-state index in [1.807, 2.05) is 49.4 Å². The summed E-state index contributed by atoms with van der Waals surface area (Å²) in [5.74, 6) is -0.200. The molecule has 0 aliphatic heterocycles. The van der Waals surface area contributed by atoms with E-state index in [9.17, 15) is 9.59 Å². The fourth-order valence-corrected chi connectivity index (χ4v) is 2.51. The van der Waals surface area contributed by atoms with Crippen molar-refractivity contribution in [3.05, 3.63) is 71.3 Å². The molecule has 0 heterocycles. The Morgan fingerprint density at radius 3 is 2.31 bits per heavy atom. The number of rotatable bonds is 9. The molecule has 2 aromatic carbocycles. The van der Waals surface area contributed by atoms with E-state index in [0.29, 0.717) is 24.9 Å². The van der Waals surface area contributed by atoms with Gasteiger partial charge in [-0.05, 0) is 36.1 Å². The molecule has 138 valence electrons. The summed E-state index contributed by atoms with van der Waals surface area (Å²) in [6.45, 7) is 2.27. The third kappa shape index (κ3) is 6.33. The van der Waals surface area contributed by atoms with Crippen molar-refractivity contribution in [1.29, 1.82) is 0 Å². The van der Waals surface area contributed by atoms with Crippen molar-refractivity contribution in [1.82, 2.24) is 10.6 Å². The molecule has 0 bridgehead atoms. The summed E-state index contributed by atoms with van der Waals surface area (Å²) in [5.41, 5.74) is 2.62. The van der Waals surface area contributed by atoms with Crippen LogP contribution in [0.15, 0.2) is 54.6 Å². The van der Waals surface area contributed by atoms with Crippen LogP contribution in [0.5, 0.6) is 0 Å². The van der Waals surface area contributed by atoms with E-state index in [-0.39, 0.29) is 24.5 Å². The number of aryl methyl sites for hydroxylation is 1. The number of nitrogens with one attached hydrogen (secondary N) is 2. The molecule has 0 fully saturated rings. The molecule has 0 radical (unpaired) electrons. The average molecular weight is 354 g/mol. The molecule has 5 nitrogen and oxygen atoms in total. The summed E-state index contributed by atoms with van der Waals surface area (Å²) in [4.78, 5) is 24.0. The van der Waals surface area contributed by atoms with Crippen LogP contribution in [0.2, 0.25) is 0 Å². The van der Waals surface area contributed by atoms with E-state index in [4.69, 9.17) is 5.11 Å². The Balaban J connectivity index is 1.78. The van der Waals surface area contributed by atoms with Crippen molar-refractivity contribution in [2.75, 3.05) is 6.61 Å². The molecule has 1 atom stereocenters. The Morgan fingerprint density at radius 1 is 1.00 bits per heavy atom. The number of hydrogen-bond donors (Lipinski definition) is 3. The highest BCUT2D eigenvalue weighted by atomic mass is 16.3. The van der Waals surface area contributed by atoms with Gasteiger partial charge in [0.05, 0.1) is 12.6 Å². The largest absolute Gasteiger partial charge is 0.394 e. The molecule has 0 aliphatic carbocycles. The summed E-state index contributed by atoms with van der Waals surface area (Å²) in [6.07, 6.45) is 1.84. The molecule has 2 amide bonds. The third-order valence-electron chi connectivity index (χ3n) is 4.24. The van der Waals surface area contributed by atoms with Crippen LogP contribution in [0.1, 0.15) is 41.3 Å². The Morgan fingerprint density at radius 2 is 1.69 bits per heavy atom. The van der Waals surface area contributed by atoms with Crippen LogP contribution in [-0.2, 0) is 17.8 Å². The molecule has 2 aromatic rings. The van der Waals surface area contributed by atoms with Gasteiger partial charge in [0.2, 0.25) is 5.91 Å². The molecule has 1 unspecified atom stereocenters. The summed E-state index contributed by atoms with van der Waals surface area (Å²) >= 11 is 0. The predicted octanol–water partition coefficient (Wildman–Crippen LogP) is 2.44. The molecule has 26 heavy (non-hydrogen) atoms. The van der Waals surface area contributed by atoms with Gasteiger partial charge in [0, 0.05) is 18.5 Å². The van der Waals surface area contributed by atoms with Crippen molar-refractivity contribution < 1.29 is 14.7 Å². The lowest BCUT2D eigenvalue weighted by molar-refractivity contribution is -0.121. The molecule has 2 rings (SSSR count). The fourth-order valence-electron chi connectivity index (χ4n) is 2.51. The number of carbonyl (C=O) groups is 2. The Labute approximate surface area is 154 Å². The topological polar surface area (TPSA) is 78.4 Å². The molecule has 0 aliphatic rings. The van der Waals surface area contributed by atoms with E-state index >= 15 is 0 Å². The van der Waals surface area contributed by atoms with E-state index in [2.05, 4.69) is 10.6 Å². The number of carbonyl (C=O) groups excluding carboxylic acids is 2. The van der Waals surface area contributed by atoms with Crippen molar-refractivity contribution in [2.45, 2.75) is 38.8 Å². The van der Waals surface area contributed by atoms with Gasteiger partial charge in [-0.3, -0.25) is 9.59 Å². The number of aliphatic hydroxyl groups excluding tert-OH is 1. The number of aliphatic hydroxyl groups is 1. The molecule has 5 heteroatoms. The van der Waals surface area contributed by atoms with E-state index in [1.54, 1.807) is 12.1 Å². The third-order valence-corrected chi connectivity index (χ3v) is 4.24. The van der Waals surface area contributed by atoms with Crippen LogP contribution in [-0.4, -0.2) is 29.6 Å². The quantitative estimate of drug-likeness (QED) is 0.647. The number of amides is 2. The van der Waals surface area contributed by atoms with Crippen molar-refractivity contribution >= 4 is 11.8 Å². The highest BCUT2D eigenvalue weighted by molar-refractivity contribution is 5.94. The molecule has 0 saturated carbocycles. The average Bonchev–Trinajstić information content (AvgIpc) is 2.69. The lowest BCUT2D eigenvalue weighted by Crippen LogP contribution is -2.36. The van der Waals surface area contributed by atoms with Crippen LogP contribution in [0, 0.1) is 0 Å². The first-order valence-electron chi connectivity index (χ1n) is 8.93. The van der Waals surface area contributed by atoms with Gasteiger partial charge in [-0.2, -0.15) is 0 Å². The standard InChI is InChI=1S/C21H26N2O3/c1-2-19(15-24)23-21(26)18-11-8-17(9-12-18)14-22-20(25)13-10-16-6-4-3-5-7-16/h3-9,11-12,19,24H,2,10,13-15H2,1H3,(H,22,25)(H,23,26). The molecular formula is C21H26N2O3. The van der Waals surface area contributed by atoms with E-state index in [1.165, 1.54) is 0 Å². The zero-order valence-electron chi connectivity index (χ0n) is 15.1. The van der Waals surface area contributed by atoms with E-state index in [0.717, 1.165) is 17.5 Å². The second-order valence-electron chi connectivity index (χ2n) is 6.22. The maximum Gasteiger partial charge on any atom is 0.251 e. The van der Waals surface area contributed by atoms with Crippen molar-refractivity contribution in [3.8, 4) is 0 Å². The molecule has 0 aromatic heterocycles. The first-order chi connectivity index (χ1) is 12.6. The minimum absolute atomic E-state index is 0.00408. The summed E-state index contributed by atoms with van der Waals surface area (Å²) in [7, 11) is 0. The first-order valence-corrected chi connectivity index (χ1v) is 8.93. The van der Waals surface area contributed by atoms with Crippen LogP contribution < -0.4 is 10.6 Å². The predicted molar refractivity (Wildman–Crippen MR) is 102 cm³/mol. The molecule has 0 saturated heterocycles. The first kappa shape index (κ1) is 19.7. The van der Waals surface area contributed by atoms with Crippen molar-refractivity contribution in [3.63, 3.8) is 0 Å². The van der Waals surface area contributed by atoms with Gasteiger partial charge in [-0.15, -0.1) is 0 Å². The van der Waals surface area contributed by atoms with Crippen LogP contribution in [0.4, 0.5) is 0 Å². The minimum Gasteiger partial charge on any atom is -0.394 e. The maximum atomic E-state index is 12.1. The molecule has 3 N–H and O–H groups in total. The highest BCUT2D eigenvalue weighted by Crippen LogP contribution is 2.06. The maximum absolute atomic E-state index is 12.1. The second-order valence-corrected chi connectivity index (χ2v) is 6.22. The molecular weight excluding hydrogens is 328 g/mol. The van der Waals surface area contributed by atoms with Gasteiger partial charge in [0.1, 0.15) is 0 Å². The second kappa shape index (κ2) is 10.4. The monoisotopic (exact) mass is 354 g/mol. The molecule has 0 spiro atoms. The van der Waals surface area contributed by atoms with Crippen LogP contribution in [0.25, 0.3) is 0 Å². The van der Waals surface area contributed by atoms with Gasteiger partial charge in [0.15, 0.2) is 0 Å². The Hall–Kier alpha value is -2.66. The van der Waals surface area contributed by atoms with Gasteiger partial charge in [-0.25, -0.2) is 0 Å². The van der Waals surface area contributed by atoms with Gasteiger partial charge in [-0.1, -0.05) is 49.4 Å². The summed E-state index contributed by atoms with van der Waals surface area (Å²) in [5, 5.41) is 14.8. The van der Waals surface area contributed by atoms with Crippen LogP contribution in [0.3, 0.4) is 0 Å². The summed E-state index contributed by atoms with van der Waals surface area (Å²) < 4.78 is 0. The smallest absolute Gasteiger partial charge is 0.251 e. The zero-order valence-corrected chi connectivity index (χ0v) is 15.1. The Kier molecular flexibility index (Phi) is 7.83. The lowest BCUT2D eigenvalue weighted by atomic mass is 10.1. The van der Waals surface area contributed by atoms with E-state index < -0.39 is 0 Å². The highest BCUT2D eigenvalue weighted by Gasteiger charge is 2.11. The van der Waals surface area contributed by atoms with Crippen molar-refractivity contribution in [2.24, 2.45) is 0 Å². The SMILES string of the molecule is CCC(CO)NC(=O)c1ccc(CNC(=O)CCc2ccccc2)cc1.